The molecule has 0 bridgehead atoms. The van der Waals surface area contributed by atoms with Crippen molar-refractivity contribution in [3.8, 4) is 0 Å². The highest BCUT2D eigenvalue weighted by atomic mass is 16.2. The number of benzene rings is 1. The summed E-state index contributed by atoms with van der Waals surface area (Å²) in [6, 6.07) is 7.67. The van der Waals surface area contributed by atoms with Crippen molar-refractivity contribution in [1.29, 1.82) is 0 Å². The molecule has 2 fully saturated rings. The highest BCUT2D eigenvalue weighted by Gasteiger charge is 2.36. The number of piperidine rings is 1. The number of fused-ring (bicyclic) bond motifs is 2. The number of hydrogen-bond donors (Lipinski definition) is 1. The van der Waals surface area contributed by atoms with Gasteiger partial charge in [0.05, 0.1) is 5.39 Å². The van der Waals surface area contributed by atoms with E-state index >= 15 is 0 Å². The fourth-order valence-electron chi connectivity index (χ4n) is 3.93. The molecule has 2 aliphatic heterocycles. The summed E-state index contributed by atoms with van der Waals surface area (Å²) in [7, 11) is 0. The minimum Gasteiger partial charge on any atom is -0.350 e. The molecular formula is C17H21N5O2. The molecule has 0 radical (unpaired) electrons. The second kappa shape index (κ2) is 6.32. The average molecular weight is 327 g/mol. The fraction of sp³-hybridized carbons (Fsp3) is 0.529. The lowest BCUT2D eigenvalue weighted by Crippen LogP contribution is -2.48. The minimum absolute atomic E-state index is 0.0834. The van der Waals surface area contributed by atoms with E-state index in [9.17, 15) is 9.59 Å². The van der Waals surface area contributed by atoms with Gasteiger partial charge in [-0.3, -0.25) is 14.5 Å². The van der Waals surface area contributed by atoms with Crippen LogP contribution in [0.4, 0.5) is 0 Å². The first-order chi connectivity index (χ1) is 11.7. The lowest BCUT2D eigenvalue weighted by atomic mass is 9.99. The first kappa shape index (κ1) is 15.3. The van der Waals surface area contributed by atoms with E-state index in [1.54, 1.807) is 18.2 Å². The zero-order valence-corrected chi connectivity index (χ0v) is 13.5. The first-order valence-electron chi connectivity index (χ1n) is 8.58. The predicted molar refractivity (Wildman–Crippen MR) is 89.6 cm³/mol. The Balaban J connectivity index is 1.47. The largest absolute Gasteiger partial charge is 0.350 e. The molecule has 126 valence electrons. The molecule has 1 aromatic heterocycles. The molecule has 2 atom stereocenters. The third-order valence-corrected chi connectivity index (χ3v) is 5.13. The summed E-state index contributed by atoms with van der Waals surface area (Å²) in [5.74, 6) is -0.167. The third kappa shape index (κ3) is 2.80. The van der Waals surface area contributed by atoms with E-state index in [1.165, 1.54) is 12.8 Å². The van der Waals surface area contributed by atoms with E-state index in [1.807, 2.05) is 6.07 Å². The number of aromatic nitrogens is 3. The van der Waals surface area contributed by atoms with Crippen molar-refractivity contribution in [3.05, 3.63) is 34.6 Å². The van der Waals surface area contributed by atoms with Gasteiger partial charge in [-0.1, -0.05) is 23.8 Å². The molecule has 2 aliphatic rings. The van der Waals surface area contributed by atoms with Crippen molar-refractivity contribution in [2.24, 2.45) is 0 Å². The van der Waals surface area contributed by atoms with E-state index in [2.05, 4.69) is 20.5 Å². The molecular weight excluding hydrogens is 306 g/mol. The van der Waals surface area contributed by atoms with Gasteiger partial charge < -0.3 is 5.32 Å². The van der Waals surface area contributed by atoms with Crippen molar-refractivity contribution in [1.82, 2.24) is 25.2 Å². The number of nitrogens with one attached hydrogen (secondary N) is 1. The second-order valence-electron chi connectivity index (χ2n) is 6.63. The van der Waals surface area contributed by atoms with Gasteiger partial charge in [0.1, 0.15) is 12.1 Å². The van der Waals surface area contributed by atoms with Gasteiger partial charge in [-0.2, -0.15) is 0 Å². The van der Waals surface area contributed by atoms with Crippen molar-refractivity contribution < 1.29 is 4.79 Å². The average Bonchev–Trinajstić information content (AvgIpc) is 3.01. The molecule has 1 N–H and O–H groups in total. The van der Waals surface area contributed by atoms with Crippen molar-refractivity contribution in [3.63, 3.8) is 0 Å². The van der Waals surface area contributed by atoms with Gasteiger partial charge in [-0.25, -0.2) is 4.68 Å². The molecule has 4 rings (SSSR count). The van der Waals surface area contributed by atoms with Crippen molar-refractivity contribution in [2.75, 3.05) is 13.1 Å². The van der Waals surface area contributed by atoms with Gasteiger partial charge in [-0.15, -0.1) is 5.10 Å². The van der Waals surface area contributed by atoms with Gasteiger partial charge in [0.2, 0.25) is 5.91 Å². The maximum Gasteiger partial charge on any atom is 0.278 e. The monoisotopic (exact) mass is 327 g/mol. The summed E-state index contributed by atoms with van der Waals surface area (Å²) in [6.45, 7) is 2.10. The van der Waals surface area contributed by atoms with E-state index in [4.69, 9.17) is 0 Å². The molecule has 7 heteroatoms. The number of carbonyl (C=O) groups is 1. The summed E-state index contributed by atoms with van der Waals surface area (Å²) < 4.78 is 1.14. The van der Waals surface area contributed by atoms with E-state index in [-0.39, 0.29) is 24.1 Å². The Morgan fingerprint density at radius 2 is 2.08 bits per heavy atom. The maximum atomic E-state index is 12.4. The molecule has 0 aliphatic carbocycles. The SMILES string of the molecule is O=C(Cn1nnc2ccccc2c1=O)N[C@@H]1CCN2CCCC[C@H]12. The molecule has 7 nitrogen and oxygen atoms in total. The van der Waals surface area contributed by atoms with Crippen LogP contribution in [0.25, 0.3) is 10.9 Å². The number of rotatable bonds is 3. The van der Waals surface area contributed by atoms with Gasteiger partial charge >= 0.3 is 0 Å². The van der Waals surface area contributed by atoms with Crippen LogP contribution >= 0.6 is 0 Å². The van der Waals surface area contributed by atoms with E-state index in [0.717, 1.165) is 30.6 Å². The van der Waals surface area contributed by atoms with Crippen molar-refractivity contribution >= 4 is 16.8 Å². The first-order valence-corrected chi connectivity index (χ1v) is 8.58. The second-order valence-corrected chi connectivity index (χ2v) is 6.63. The Morgan fingerprint density at radius 3 is 3.00 bits per heavy atom. The van der Waals surface area contributed by atoms with E-state index in [0.29, 0.717) is 16.9 Å². The summed E-state index contributed by atoms with van der Waals surface area (Å²) in [6.07, 6.45) is 4.60. The summed E-state index contributed by atoms with van der Waals surface area (Å²) in [5, 5.41) is 11.5. The smallest absolute Gasteiger partial charge is 0.278 e. The normalized spacial score (nSPS) is 24.0. The van der Waals surface area contributed by atoms with Crippen LogP contribution in [0, 0.1) is 0 Å². The minimum atomic E-state index is -0.276. The van der Waals surface area contributed by atoms with Crippen LogP contribution in [0.3, 0.4) is 0 Å². The Bertz CT molecular complexity index is 818. The fourth-order valence-corrected chi connectivity index (χ4v) is 3.93. The number of nitrogens with zero attached hydrogens (tertiary/aromatic N) is 4. The van der Waals surface area contributed by atoms with Gasteiger partial charge in [0.25, 0.3) is 5.56 Å². The Morgan fingerprint density at radius 1 is 1.21 bits per heavy atom. The Hall–Kier alpha value is -2.28. The molecule has 1 amide bonds. The Labute approximate surface area is 139 Å². The Kier molecular flexibility index (Phi) is 4.02. The molecule has 0 saturated carbocycles. The van der Waals surface area contributed by atoms with Gasteiger partial charge in [-0.05, 0) is 37.9 Å². The van der Waals surface area contributed by atoms with Crippen LogP contribution in [0.15, 0.2) is 29.1 Å². The summed E-state index contributed by atoms with van der Waals surface area (Å²) >= 11 is 0. The molecule has 2 aromatic rings. The molecule has 0 unspecified atom stereocenters. The highest BCUT2D eigenvalue weighted by Crippen LogP contribution is 2.27. The topological polar surface area (TPSA) is 80.1 Å². The van der Waals surface area contributed by atoms with Crippen LogP contribution < -0.4 is 10.9 Å². The van der Waals surface area contributed by atoms with Crippen LogP contribution in [0.1, 0.15) is 25.7 Å². The number of carbonyl (C=O) groups excluding carboxylic acids is 1. The molecule has 0 spiro atoms. The van der Waals surface area contributed by atoms with Gasteiger partial charge in [0.15, 0.2) is 0 Å². The van der Waals surface area contributed by atoms with Crippen molar-refractivity contribution in [2.45, 2.75) is 44.3 Å². The van der Waals surface area contributed by atoms with Crippen LogP contribution in [-0.4, -0.2) is 51.0 Å². The molecule has 1 aromatic carbocycles. The third-order valence-electron chi connectivity index (χ3n) is 5.13. The van der Waals surface area contributed by atoms with Gasteiger partial charge in [0, 0.05) is 18.6 Å². The standard InChI is InChI=1S/C17H21N5O2/c23-16(18-14-8-10-21-9-4-3-7-15(14)21)11-22-17(24)12-5-1-2-6-13(12)19-20-22/h1-2,5-6,14-15H,3-4,7-11H2,(H,18,23)/t14-,15-/m1/s1. The lowest BCUT2D eigenvalue weighted by Gasteiger charge is -2.32. The molecule has 2 saturated heterocycles. The summed E-state index contributed by atoms with van der Waals surface area (Å²) in [5.41, 5.74) is 0.272. The zero-order chi connectivity index (χ0) is 16.5. The predicted octanol–water partition coefficient (Wildman–Crippen LogP) is 0.534. The zero-order valence-electron chi connectivity index (χ0n) is 13.5. The molecule has 3 heterocycles. The summed E-state index contributed by atoms with van der Waals surface area (Å²) in [4.78, 5) is 27.2. The van der Waals surface area contributed by atoms with Crippen LogP contribution in [0.5, 0.6) is 0 Å². The highest BCUT2D eigenvalue weighted by molar-refractivity contribution is 5.78. The quantitative estimate of drug-likeness (QED) is 0.890. The van der Waals surface area contributed by atoms with Crippen LogP contribution in [0.2, 0.25) is 0 Å². The molecule has 24 heavy (non-hydrogen) atoms. The lowest BCUT2D eigenvalue weighted by molar-refractivity contribution is -0.122. The van der Waals surface area contributed by atoms with Crippen LogP contribution in [-0.2, 0) is 11.3 Å². The number of amides is 1. The maximum absolute atomic E-state index is 12.4. The number of hydrogen-bond acceptors (Lipinski definition) is 5. The van der Waals surface area contributed by atoms with E-state index < -0.39 is 0 Å².